The first-order valence-electron chi connectivity index (χ1n) is 5.39. The van der Waals surface area contributed by atoms with E-state index in [0.717, 1.165) is 26.2 Å². The lowest BCUT2D eigenvalue weighted by Gasteiger charge is -2.20. The van der Waals surface area contributed by atoms with Crippen LogP contribution in [0.4, 0.5) is 0 Å². The Morgan fingerprint density at radius 1 is 1.50 bits per heavy atom. The van der Waals surface area contributed by atoms with Gasteiger partial charge in [0.05, 0.1) is 0 Å². The zero-order valence-corrected chi connectivity index (χ0v) is 8.41. The van der Waals surface area contributed by atoms with Gasteiger partial charge in [-0.15, -0.1) is 0 Å². The predicted molar refractivity (Wildman–Crippen MR) is 52.7 cm³/mol. The maximum Gasteiger partial charge on any atom is 0.223 e. The van der Waals surface area contributed by atoms with Gasteiger partial charge in [-0.1, -0.05) is 0 Å². The zero-order chi connectivity index (χ0) is 9.97. The highest BCUT2D eigenvalue weighted by molar-refractivity contribution is 5.78. The van der Waals surface area contributed by atoms with Crippen molar-refractivity contribution in [2.75, 3.05) is 32.8 Å². The molecule has 4 nitrogen and oxygen atoms in total. The van der Waals surface area contributed by atoms with Gasteiger partial charge in [0.2, 0.25) is 5.91 Å². The first-order valence-corrected chi connectivity index (χ1v) is 5.39. The molecule has 2 rings (SSSR count). The van der Waals surface area contributed by atoms with Gasteiger partial charge in [0, 0.05) is 32.0 Å². The number of carbonyl (C=O) groups excluding carboxylic acids is 1. The average molecular weight is 198 g/mol. The van der Waals surface area contributed by atoms with E-state index < -0.39 is 0 Å². The summed E-state index contributed by atoms with van der Waals surface area (Å²) in [4.78, 5) is 13.4. The molecule has 2 fully saturated rings. The molecule has 2 aliphatic heterocycles. The lowest BCUT2D eigenvalue weighted by molar-refractivity contribution is -0.128. The Labute approximate surface area is 84.3 Å². The third-order valence-corrected chi connectivity index (χ3v) is 3.19. The number of nitrogens with one attached hydrogen (secondary N) is 1. The van der Waals surface area contributed by atoms with E-state index in [2.05, 4.69) is 5.32 Å². The minimum atomic E-state index is 0.144. The predicted octanol–water partition coefficient (Wildman–Crippen LogP) is -0.563. The number of nitrogens with zero attached hydrogens (tertiary/aromatic N) is 1. The topological polar surface area (TPSA) is 52.6 Å². The third kappa shape index (κ3) is 2.07. The van der Waals surface area contributed by atoms with E-state index in [1.54, 1.807) is 0 Å². The van der Waals surface area contributed by atoms with E-state index in [1.807, 2.05) is 4.90 Å². The highest BCUT2D eigenvalue weighted by atomic mass is 16.3. The van der Waals surface area contributed by atoms with Gasteiger partial charge >= 0.3 is 0 Å². The molecule has 2 saturated heterocycles. The van der Waals surface area contributed by atoms with Gasteiger partial charge in [0.25, 0.3) is 0 Å². The van der Waals surface area contributed by atoms with Crippen LogP contribution in [0.25, 0.3) is 0 Å². The molecule has 4 heteroatoms. The lowest BCUT2D eigenvalue weighted by Crippen LogP contribution is -2.32. The molecule has 2 N–H and O–H groups in total. The summed E-state index contributed by atoms with van der Waals surface area (Å²) in [6, 6.07) is 0. The molecular formula is C10H18N2O2. The molecule has 2 unspecified atom stereocenters. The number of likely N-dealkylation sites (tertiary alicyclic amines) is 1. The fourth-order valence-electron chi connectivity index (χ4n) is 2.33. The second kappa shape index (κ2) is 4.28. The highest BCUT2D eigenvalue weighted by Crippen LogP contribution is 2.20. The molecule has 0 aromatic heterocycles. The largest absolute Gasteiger partial charge is 0.396 e. The molecule has 0 radical (unpaired) electrons. The van der Waals surface area contributed by atoms with E-state index >= 15 is 0 Å². The molecule has 80 valence electrons. The first-order chi connectivity index (χ1) is 6.79. The molecule has 0 aromatic carbocycles. The van der Waals surface area contributed by atoms with Crippen LogP contribution in [-0.2, 0) is 4.79 Å². The molecule has 0 spiro atoms. The molecular weight excluding hydrogens is 180 g/mol. The van der Waals surface area contributed by atoms with E-state index in [-0.39, 0.29) is 18.4 Å². The monoisotopic (exact) mass is 198 g/mol. The third-order valence-electron chi connectivity index (χ3n) is 3.19. The molecule has 0 aliphatic carbocycles. The van der Waals surface area contributed by atoms with Crippen molar-refractivity contribution in [3.63, 3.8) is 0 Å². The van der Waals surface area contributed by atoms with Crippen molar-refractivity contribution in [2.24, 2.45) is 11.8 Å². The molecule has 14 heavy (non-hydrogen) atoms. The molecule has 1 amide bonds. The second-order valence-corrected chi connectivity index (χ2v) is 4.41. The average Bonchev–Trinajstić information content (AvgIpc) is 2.78. The summed E-state index contributed by atoms with van der Waals surface area (Å²) in [6.07, 6.45) is 1.71. The highest BCUT2D eigenvalue weighted by Gasteiger charge is 2.30. The maximum atomic E-state index is 11.5. The van der Waals surface area contributed by atoms with Crippen LogP contribution in [0.2, 0.25) is 0 Å². The molecule has 2 heterocycles. The Morgan fingerprint density at radius 2 is 2.36 bits per heavy atom. The van der Waals surface area contributed by atoms with Gasteiger partial charge in [-0.05, 0) is 25.4 Å². The van der Waals surface area contributed by atoms with E-state index in [9.17, 15) is 4.79 Å². The lowest BCUT2D eigenvalue weighted by atomic mass is 10.1. The summed E-state index contributed by atoms with van der Waals surface area (Å²) in [6.45, 7) is 3.89. The van der Waals surface area contributed by atoms with Crippen molar-refractivity contribution < 1.29 is 9.90 Å². The van der Waals surface area contributed by atoms with E-state index in [4.69, 9.17) is 5.11 Å². The smallest absolute Gasteiger partial charge is 0.223 e. The van der Waals surface area contributed by atoms with Gasteiger partial charge in [0.15, 0.2) is 0 Å². The second-order valence-electron chi connectivity index (χ2n) is 4.41. The summed E-state index contributed by atoms with van der Waals surface area (Å²) in [5, 5.41) is 12.3. The minimum absolute atomic E-state index is 0.144. The number of carbonyl (C=O) groups is 1. The summed E-state index contributed by atoms with van der Waals surface area (Å²) < 4.78 is 0. The Kier molecular flexibility index (Phi) is 3.03. The van der Waals surface area contributed by atoms with Gasteiger partial charge in [-0.3, -0.25) is 4.79 Å². The Hall–Kier alpha value is -0.610. The maximum absolute atomic E-state index is 11.5. The molecule has 0 saturated carbocycles. The summed E-state index contributed by atoms with van der Waals surface area (Å²) in [5.41, 5.74) is 0. The number of amides is 1. The van der Waals surface area contributed by atoms with Crippen LogP contribution >= 0.6 is 0 Å². The molecule has 0 bridgehead atoms. The fourth-order valence-corrected chi connectivity index (χ4v) is 2.33. The van der Waals surface area contributed by atoms with Crippen molar-refractivity contribution in [1.29, 1.82) is 0 Å². The quantitative estimate of drug-likeness (QED) is 0.639. The van der Waals surface area contributed by atoms with Crippen LogP contribution in [0.3, 0.4) is 0 Å². The van der Waals surface area contributed by atoms with Crippen LogP contribution in [0, 0.1) is 11.8 Å². The molecule has 2 atom stereocenters. The van der Waals surface area contributed by atoms with Crippen molar-refractivity contribution in [3.8, 4) is 0 Å². The van der Waals surface area contributed by atoms with Gasteiger partial charge < -0.3 is 15.3 Å². The minimum Gasteiger partial charge on any atom is -0.396 e. The van der Waals surface area contributed by atoms with Gasteiger partial charge in [-0.2, -0.15) is 0 Å². The van der Waals surface area contributed by atoms with Crippen LogP contribution in [0.1, 0.15) is 12.8 Å². The first kappa shape index (κ1) is 9.93. The zero-order valence-electron chi connectivity index (χ0n) is 8.41. The van der Waals surface area contributed by atoms with E-state index in [0.29, 0.717) is 12.3 Å². The molecule has 2 aliphatic rings. The van der Waals surface area contributed by atoms with E-state index in [1.165, 1.54) is 6.42 Å². The number of rotatable bonds is 3. The number of aliphatic hydroxyl groups is 1. The van der Waals surface area contributed by atoms with Crippen molar-refractivity contribution in [3.05, 3.63) is 0 Å². The van der Waals surface area contributed by atoms with Crippen LogP contribution in [0.5, 0.6) is 0 Å². The van der Waals surface area contributed by atoms with Gasteiger partial charge in [-0.25, -0.2) is 0 Å². The van der Waals surface area contributed by atoms with Gasteiger partial charge in [0.1, 0.15) is 0 Å². The SMILES string of the molecule is O=C1CC(CO)CN1CC1CCNC1. The Bertz CT molecular complexity index is 214. The number of hydrogen-bond acceptors (Lipinski definition) is 3. The van der Waals surface area contributed by atoms with Crippen LogP contribution in [-0.4, -0.2) is 48.7 Å². The fraction of sp³-hybridized carbons (Fsp3) is 0.900. The molecule has 0 aromatic rings. The summed E-state index contributed by atoms with van der Waals surface area (Å²) in [5.74, 6) is 1.02. The summed E-state index contributed by atoms with van der Waals surface area (Å²) >= 11 is 0. The van der Waals surface area contributed by atoms with Crippen molar-refractivity contribution >= 4 is 5.91 Å². The Balaban J connectivity index is 1.82. The number of hydrogen-bond donors (Lipinski definition) is 2. The Morgan fingerprint density at radius 3 is 2.93 bits per heavy atom. The van der Waals surface area contributed by atoms with Crippen LogP contribution < -0.4 is 5.32 Å². The van der Waals surface area contributed by atoms with Crippen molar-refractivity contribution in [1.82, 2.24) is 10.2 Å². The summed E-state index contributed by atoms with van der Waals surface area (Å²) in [7, 11) is 0. The normalized spacial score (nSPS) is 32.9. The number of aliphatic hydroxyl groups excluding tert-OH is 1. The van der Waals surface area contributed by atoms with Crippen molar-refractivity contribution in [2.45, 2.75) is 12.8 Å². The standard InChI is InChI=1S/C10H18N2O2/c13-7-9-3-10(14)12(6-9)5-8-1-2-11-4-8/h8-9,11,13H,1-7H2. The van der Waals surface area contributed by atoms with Crippen LogP contribution in [0.15, 0.2) is 0 Å².